The minimum Gasteiger partial charge on any atom is -0.452 e. The molecule has 0 aliphatic carbocycles. The molecule has 138 valence electrons. The van der Waals surface area contributed by atoms with Crippen LogP contribution in [0.25, 0.3) is 10.1 Å². The van der Waals surface area contributed by atoms with Crippen molar-refractivity contribution in [2.75, 3.05) is 6.61 Å². The number of ketones is 1. The number of carbonyl (C=O) groups excluding carboxylic acids is 3. The maximum absolute atomic E-state index is 12.8. The summed E-state index contributed by atoms with van der Waals surface area (Å²) >= 11 is 1.47. The van der Waals surface area contributed by atoms with Gasteiger partial charge in [0.25, 0.3) is 5.91 Å². The summed E-state index contributed by atoms with van der Waals surface area (Å²) < 4.78 is 6.32. The van der Waals surface area contributed by atoms with E-state index in [0.717, 1.165) is 10.1 Å². The Hall–Kier alpha value is -2.21. The molecule has 1 fully saturated rings. The van der Waals surface area contributed by atoms with Crippen LogP contribution in [0.15, 0.2) is 29.6 Å². The number of rotatable bonds is 3. The van der Waals surface area contributed by atoms with E-state index < -0.39 is 17.0 Å². The number of benzene rings is 1. The largest absolute Gasteiger partial charge is 0.452 e. The van der Waals surface area contributed by atoms with Crippen LogP contribution in [0.2, 0.25) is 0 Å². The Kier molecular flexibility index (Phi) is 4.65. The fourth-order valence-electron chi connectivity index (χ4n) is 4.09. The lowest BCUT2D eigenvalue weighted by Crippen LogP contribution is -2.63. The predicted molar refractivity (Wildman–Crippen MR) is 101 cm³/mol. The lowest BCUT2D eigenvalue weighted by Gasteiger charge is -2.51. The smallest absolute Gasteiger partial charge is 0.340 e. The van der Waals surface area contributed by atoms with Crippen molar-refractivity contribution in [1.82, 2.24) is 4.90 Å². The standard InChI is InChI=1S/C20H23NO4S/c1-19(2)9-13(22)10-20(3,4)21(19)17(23)11-25-18(24)15-12-26-16-8-6-5-7-14(15)16/h5-8,12H,9-11H2,1-4H3. The summed E-state index contributed by atoms with van der Waals surface area (Å²) in [7, 11) is 0. The molecule has 1 aromatic carbocycles. The van der Waals surface area contributed by atoms with E-state index in [0.29, 0.717) is 18.4 Å². The van der Waals surface area contributed by atoms with E-state index in [1.807, 2.05) is 52.0 Å². The molecule has 0 saturated carbocycles. The first-order chi connectivity index (χ1) is 12.1. The van der Waals surface area contributed by atoms with E-state index >= 15 is 0 Å². The average Bonchev–Trinajstić information content (AvgIpc) is 2.93. The number of ether oxygens (including phenoxy) is 1. The number of piperidine rings is 1. The maximum atomic E-state index is 12.8. The molecule has 1 saturated heterocycles. The third kappa shape index (κ3) is 3.38. The molecule has 2 heterocycles. The van der Waals surface area contributed by atoms with Crippen molar-refractivity contribution in [3.8, 4) is 0 Å². The molecule has 0 bridgehead atoms. The highest BCUT2D eigenvalue weighted by atomic mass is 32.1. The summed E-state index contributed by atoms with van der Waals surface area (Å²) in [5, 5.41) is 2.59. The number of likely N-dealkylation sites (tertiary alicyclic amines) is 1. The van der Waals surface area contributed by atoms with Crippen LogP contribution in [0.5, 0.6) is 0 Å². The van der Waals surface area contributed by atoms with E-state index in [-0.39, 0.29) is 18.3 Å². The van der Waals surface area contributed by atoms with Gasteiger partial charge in [-0.2, -0.15) is 0 Å². The zero-order valence-corrected chi connectivity index (χ0v) is 16.3. The molecule has 0 atom stereocenters. The van der Waals surface area contributed by atoms with Gasteiger partial charge in [-0.15, -0.1) is 11.3 Å². The fourth-order valence-corrected chi connectivity index (χ4v) is 5.02. The highest BCUT2D eigenvalue weighted by Gasteiger charge is 2.47. The summed E-state index contributed by atoms with van der Waals surface area (Å²) in [6.07, 6.45) is 0.622. The van der Waals surface area contributed by atoms with Crippen LogP contribution in [0.3, 0.4) is 0 Å². The first kappa shape index (κ1) is 18.6. The maximum Gasteiger partial charge on any atom is 0.340 e. The van der Waals surface area contributed by atoms with Gasteiger partial charge in [0.05, 0.1) is 5.56 Å². The van der Waals surface area contributed by atoms with Gasteiger partial charge in [0, 0.05) is 39.4 Å². The SMILES string of the molecule is CC1(C)CC(=O)CC(C)(C)N1C(=O)COC(=O)c1csc2ccccc12. The van der Waals surface area contributed by atoms with Crippen LogP contribution in [-0.2, 0) is 14.3 Å². The lowest BCUT2D eigenvalue weighted by atomic mass is 9.79. The van der Waals surface area contributed by atoms with E-state index in [1.54, 1.807) is 10.3 Å². The summed E-state index contributed by atoms with van der Waals surface area (Å²) in [6, 6.07) is 7.59. The van der Waals surface area contributed by atoms with Gasteiger partial charge in [-0.25, -0.2) is 4.79 Å². The Bertz CT molecular complexity index is 861. The van der Waals surface area contributed by atoms with Crippen LogP contribution in [0, 0.1) is 0 Å². The van der Waals surface area contributed by atoms with Crippen molar-refractivity contribution in [2.24, 2.45) is 0 Å². The van der Waals surface area contributed by atoms with Crippen LogP contribution in [0.1, 0.15) is 50.9 Å². The van der Waals surface area contributed by atoms with Crippen LogP contribution < -0.4 is 0 Å². The molecule has 1 aliphatic heterocycles. The van der Waals surface area contributed by atoms with Crippen molar-refractivity contribution in [3.05, 3.63) is 35.2 Å². The van der Waals surface area contributed by atoms with Gasteiger partial charge < -0.3 is 9.64 Å². The molecule has 1 amide bonds. The topological polar surface area (TPSA) is 63.7 Å². The molecule has 1 aromatic heterocycles. The number of amides is 1. The monoisotopic (exact) mass is 373 g/mol. The van der Waals surface area contributed by atoms with Crippen molar-refractivity contribution in [1.29, 1.82) is 0 Å². The van der Waals surface area contributed by atoms with E-state index in [2.05, 4.69) is 0 Å². The van der Waals surface area contributed by atoms with Gasteiger partial charge in [-0.1, -0.05) is 18.2 Å². The molecular weight excluding hydrogens is 350 g/mol. The normalized spacial score (nSPS) is 18.8. The Balaban J connectivity index is 1.73. The zero-order valence-electron chi connectivity index (χ0n) is 15.5. The number of thiophene rings is 1. The molecule has 26 heavy (non-hydrogen) atoms. The second kappa shape index (κ2) is 6.50. The van der Waals surface area contributed by atoms with Crippen molar-refractivity contribution in [2.45, 2.75) is 51.6 Å². The van der Waals surface area contributed by atoms with Gasteiger partial charge in [0.1, 0.15) is 5.78 Å². The third-order valence-electron chi connectivity index (χ3n) is 4.75. The van der Waals surface area contributed by atoms with Crippen molar-refractivity contribution in [3.63, 3.8) is 0 Å². The molecule has 1 aliphatic rings. The third-order valence-corrected chi connectivity index (χ3v) is 5.71. The second-order valence-corrected chi connectivity index (χ2v) is 8.88. The van der Waals surface area contributed by atoms with E-state index in [1.165, 1.54) is 11.3 Å². The van der Waals surface area contributed by atoms with E-state index in [4.69, 9.17) is 4.74 Å². The minimum absolute atomic E-state index is 0.144. The van der Waals surface area contributed by atoms with Gasteiger partial charge in [-0.05, 0) is 33.8 Å². The Morgan fingerprint density at radius 2 is 1.73 bits per heavy atom. The molecular formula is C20H23NO4S. The number of fused-ring (bicyclic) bond motifs is 1. The quantitative estimate of drug-likeness (QED) is 0.768. The molecule has 5 nitrogen and oxygen atoms in total. The highest BCUT2D eigenvalue weighted by Crippen LogP contribution is 2.36. The van der Waals surface area contributed by atoms with Crippen LogP contribution in [0.4, 0.5) is 0 Å². The molecule has 6 heteroatoms. The number of hydrogen-bond acceptors (Lipinski definition) is 5. The van der Waals surface area contributed by atoms with Gasteiger partial charge in [0.15, 0.2) is 6.61 Å². The van der Waals surface area contributed by atoms with Crippen LogP contribution in [-0.4, -0.2) is 40.2 Å². The summed E-state index contributed by atoms with van der Waals surface area (Å²) in [5.74, 6) is -0.634. The Morgan fingerprint density at radius 3 is 2.38 bits per heavy atom. The summed E-state index contributed by atoms with van der Waals surface area (Å²) in [6.45, 7) is 7.16. The first-order valence-electron chi connectivity index (χ1n) is 8.60. The minimum atomic E-state index is -0.600. The zero-order chi connectivity index (χ0) is 19.1. The average molecular weight is 373 g/mol. The Morgan fingerprint density at radius 1 is 1.12 bits per heavy atom. The number of esters is 1. The first-order valence-corrected chi connectivity index (χ1v) is 9.48. The number of hydrogen-bond donors (Lipinski definition) is 0. The summed E-state index contributed by atoms with van der Waals surface area (Å²) in [4.78, 5) is 38.9. The van der Waals surface area contributed by atoms with E-state index in [9.17, 15) is 14.4 Å². The highest BCUT2D eigenvalue weighted by molar-refractivity contribution is 7.17. The second-order valence-electron chi connectivity index (χ2n) is 7.97. The van der Waals surface area contributed by atoms with Crippen molar-refractivity contribution >= 4 is 39.1 Å². The predicted octanol–water partition coefficient (Wildman–Crippen LogP) is 3.81. The molecule has 0 unspecified atom stereocenters. The molecule has 0 radical (unpaired) electrons. The number of carbonyl (C=O) groups is 3. The molecule has 0 spiro atoms. The van der Waals surface area contributed by atoms with Crippen molar-refractivity contribution < 1.29 is 19.1 Å². The molecule has 0 N–H and O–H groups in total. The van der Waals surface area contributed by atoms with Gasteiger partial charge in [0.2, 0.25) is 0 Å². The number of Topliss-reactive ketones (excluding diaryl/α,β-unsaturated/α-hetero) is 1. The van der Waals surface area contributed by atoms with Gasteiger partial charge >= 0.3 is 5.97 Å². The lowest BCUT2D eigenvalue weighted by molar-refractivity contribution is -0.156. The summed E-state index contributed by atoms with van der Waals surface area (Å²) in [5.41, 5.74) is -0.722. The van der Waals surface area contributed by atoms with Gasteiger partial charge in [-0.3, -0.25) is 9.59 Å². The van der Waals surface area contributed by atoms with Crippen LogP contribution >= 0.6 is 11.3 Å². The fraction of sp³-hybridized carbons (Fsp3) is 0.450. The number of nitrogens with zero attached hydrogens (tertiary/aromatic N) is 1. The molecule has 3 rings (SSSR count). The Labute approximate surface area is 156 Å². The molecule has 2 aromatic rings.